The standard InChI is InChI=1S/C10H20N2OS/c11-6-10-7-12(3-1-4-13-10)9-2-5-14-8-9/h9-10H,1-8,11H2. The van der Waals surface area contributed by atoms with Gasteiger partial charge in [-0.2, -0.15) is 11.8 Å². The van der Waals surface area contributed by atoms with Gasteiger partial charge in [-0.25, -0.2) is 0 Å². The maximum atomic E-state index is 5.68. The maximum Gasteiger partial charge on any atom is 0.0824 e. The quantitative estimate of drug-likeness (QED) is 0.731. The lowest BCUT2D eigenvalue weighted by molar-refractivity contribution is 0.0556. The number of hydrogen-bond donors (Lipinski definition) is 1. The Hall–Kier alpha value is 0.230. The molecule has 2 aliphatic heterocycles. The van der Waals surface area contributed by atoms with Gasteiger partial charge in [-0.1, -0.05) is 0 Å². The van der Waals surface area contributed by atoms with Crippen LogP contribution in [0.4, 0.5) is 0 Å². The molecular weight excluding hydrogens is 196 g/mol. The van der Waals surface area contributed by atoms with Crippen molar-refractivity contribution in [1.82, 2.24) is 4.90 Å². The summed E-state index contributed by atoms with van der Waals surface area (Å²) in [6.45, 7) is 3.79. The van der Waals surface area contributed by atoms with Crippen molar-refractivity contribution in [3.05, 3.63) is 0 Å². The second kappa shape index (κ2) is 5.35. The molecule has 0 radical (unpaired) electrons. The summed E-state index contributed by atoms with van der Waals surface area (Å²) < 4.78 is 5.67. The Balaban J connectivity index is 1.88. The van der Waals surface area contributed by atoms with Crippen LogP contribution in [0, 0.1) is 0 Å². The van der Waals surface area contributed by atoms with Gasteiger partial charge >= 0.3 is 0 Å². The first-order chi connectivity index (χ1) is 6.90. The van der Waals surface area contributed by atoms with Crippen molar-refractivity contribution >= 4 is 11.8 Å². The lowest BCUT2D eigenvalue weighted by atomic mass is 10.2. The molecule has 2 atom stereocenters. The zero-order valence-electron chi connectivity index (χ0n) is 8.65. The summed E-state index contributed by atoms with van der Waals surface area (Å²) >= 11 is 2.08. The zero-order chi connectivity index (χ0) is 9.80. The Kier molecular flexibility index (Phi) is 4.10. The lowest BCUT2D eigenvalue weighted by Crippen LogP contribution is -2.42. The molecule has 0 spiro atoms. The molecule has 2 heterocycles. The van der Waals surface area contributed by atoms with Gasteiger partial charge in [0.15, 0.2) is 0 Å². The van der Waals surface area contributed by atoms with E-state index in [0.717, 1.165) is 25.6 Å². The van der Waals surface area contributed by atoms with E-state index in [1.54, 1.807) is 0 Å². The number of nitrogens with zero attached hydrogens (tertiary/aromatic N) is 1. The zero-order valence-corrected chi connectivity index (χ0v) is 9.47. The second-order valence-corrected chi connectivity index (χ2v) is 5.24. The van der Waals surface area contributed by atoms with E-state index in [-0.39, 0.29) is 6.10 Å². The molecule has 2 fully saturated rings. The van der Waals surface area contributed by atoms with Gasteiger partial charge in [0.05, 0.1) is 6.10 Å². The van der Waals surface area contributed by atoms with Crippen LogP contribution in [0.25, 0.3) is 0 Å². The van der Waals surface area contributed by atoms with Gasteiger partial charge in [0.1, 0.15) is 0 Å². The fourth-order valence-electron chi connectivity index (χ4n) is 2.21. The number of nitrogens with two attached hydrogens (primary N) is 1. The molecule has 0 saturated carbocycles. The SMILES string of the molecule is NCC1CN(C2CCSC2)CCCO1. The van der Waals surface area contributed by atoms with E-state index in [2.05, 4.69) is 16.7 Å². The molecule has 2 saturated heterocycles. The Morgan fingerprint density at radius 3 is 3.14 bits per heavy atom. The van der Waals surface area contributed by atoms with Gasteiger partial charge in [0.25, 0.3) is 0 Å². The fraction of sp³-hybridized carbons (Fsp3) is 1.00. The van der Waals surface area contributed by atoms with Crippen molar-refractivity contribution in [3.8, 4) is 0 Å². The maximum absolute atomic E-state index is 5.68. The van der Waals surface area contributed by atoms with Crippen LogP contribution in [-0.2, 0) is 4.74 Å². The van der Waals surface area contributed by atoms with Crippen molar-refractivity contribution in [2.24, 2.45) is 5.73 Å². The smallest absolute Gasteiger partial charge is 0.0824 e. The monoisotopic (exact) mass is 216 g/mol. The summed E-state index contributed by atoms with van der Waals surface area (Å²) in [4.78, 5) is 2.59. The first-order valence-corrected chi connectivity index (χ1v) is 6.69. The number of ether oxygens (including phenoxy) is 1. The van der Waals surface area contributed by atoms with Crippen molar-refractivity contribution in [1.29, 1.82) is 0 Å². The Morgan fingerprint density at radius 2 is 2.43 bits per heavy atom. The molecule has 0 aromatic rings. The van der Waals surface area contributed by atoms with Gasteiger partial charge in [0.2, 0.25) is 0 Å². The van der Waals surface area contributed by atoms with Crippen molar-refractivity contribution in [2.45, 2.75) is 25.0 Å². The van der Waals surface area contributed by atoms with Crippen LogP contribution in [-0.4, -0.2) is 54.8 Å². The second-order valence-electron chi connectivity index (χ2n) is 4.09. The molecule has 2 unspecified atom stereocenters. The summed E-state index contributed by atoms with van der Waals surface area (Å²) in [6, 6.07) is 0.788. The molecule has 0 amide bonds. The summed E-state index contributed by atoms with van der Waals surface area (Å²) in [6.07, 6.45) is 2.78. The molecule has 0 aromatic heterocycles. The minimum Gasteiger partial charge on any atom is -0.376 e. The predicted molar refractivity (Wildman–Crippen MR) is 60.7 cm³/mol. The third kappa shape index (κ3) is 2.63. The first-order valence-electron chi connectivity index (χ1n) is 5.53. The number of thioether (sulfide) groups is 1. The van der Waals surface area contributed by atoms with Crippen molar-refractivity contribution in [2.75, 3.05) is 37.7 Å². The summed E-state index contributed by atoms with van der Waals surface area (Å²) in [5.41, 5.74) is 5.68. The highest BCUT2D eigenvalue weighted by Crippen LogP contribution is 2.23. The van der Waals surface area contributed by atoms with E-state index < -0.39 is 0 Å². The average molecular weight is 216 g/mol. The minimum absolute atomic E-state index is 0.267. The molecule has 2 aliphatic rings. The van der Waals surface area contributed by atoms with E-state index in [9.17, 15) is 0 Å². The Bertz CT molecular complexity index is 174. The third-order valence-corrected chi connectivity index (χ3v) is 4.21. The van der Waals surface area contributed by atoms with Gasteiger partial charge in [-0.05, 0) is 18.6 Å². The van der Waals surface area contributed by atoms with Crippen LogP contribution in [0.2, 0.25) is 0 Å². The third-order valence-electron chi connectivity index (χ3n) is 3.07. The van der Waals surface area contributed by atoms with Crippen LogP contribution in [0.5, 0.6) is 0 Å². The molecule has 4 heteroatoms. The van der Waals surface area contributed by atoms with E-state index in [4.69, 9.17) is 10.5 Å². The average Bonchev–Trinajstić information content (AvgIpc) is 2.63. The lowest BCUT2D eigenvalue weighted by Gasteiger charge is -2.28. The van der Waals surface area contributed by atoms with Gasteiger partial charge in [-0.3, -0.25) is 4.90 Å². The molecule has 14 heavy (non-hydrogen) atoms. The van der Waals surface area contributed by atoms with E-state index >= 15 is 0 Å². The summed E-state index contributed by atoms with van der Waals surface area (Å²) in [5.74, 6) is 2.63. The van der Waals surface area contributed by atoms with Crippen LogP contribution in [0.1, 0.15) is 12.8 Å². The van der Waals surface area contributed by atoms with E-state index in [0.29, 0.717) is 6.54 Å². The highest BCUT2D eigenvalue weighted by molar-refractivity contribution is 7.99. The van der Waals surface area contributed by atoms with Crippen molar-refractivity contribution in [3.63, 3.8) is 0 Å². The highest BCUT2D eigenvalue weighted by Gasteiger charge is 2.26. The predicted octanol–water partition coefficient (Wildman–Crippen LogP) is 0.541. The van der Waals surface area contributed by atoms with Crippen molar-refractivity contribution < 1.29 is 4.74 Å². The van der Waals surface area contributed by atoms with E-state index in [1.807, 2.05) is 0 Å². The minimum atomic E-state index is 0.267. The molecule has 0 aromatic carbocycles. The molecule has 2 N–H and O–H groups in total. The molecule has 3 nitrogen and oxygen atoms in total. The van der Waals surface area contributed by atoms with Crippen LogP contribution in [0.15, 0.2) is 0 Å². The normalized spacial score (nSPS) is 35.8. The Labute approximate surface area is 90.3 Å². The number of hydrogen-bond acceptors (Lipinski definition) is 4. The molecular formula is C10H20N2OS. The van der Waals surface area contributed by atoms with Crippen LogP contribution < -0.4 is 5.73 Å². The topological polar surface area (TPSA) is 38.5 Å². The van der Waals surface area contributed by atoms with Crippen LogP contribution >= 0.6 is 11.8 Å². The summed E-state index contributed by atoms with van der Waals surface area (Å²) in [7, 11) is 0. The molecule has 2 rings (SSSR count). The fourth-order valence-corrected chi connectivity index (χ4v) is 3.46. The van der Waals surface area contributed by atoms with E-state index in [1.165, 1.54) is 24.5 Å². The van der Waals surface area contributed by atoms with Gasteiger partial charge in [0, 0.05) is 38.0 Å². The largest absolute Gasteiger partial charge is 0.376 e. The van der Waals surface area contributed by atoms with Gasteiger partial charge in [-0.15, -0.1) is 0 Å². The molecule has 82 valence electrons. The number of rotatable bonds is 2. The molecule has 0 aliphatic carbocycles. The first kappa shape index (κ1) is 10.7. The summed E-state index contributed by atoms with van der Waals surface area (Å²) in [5, 5.41) is 0. The van der Waals surface area contributed by atoms with Gasteiger partial charge < -0.3 is 10.5 Å². The van der Waals surface area contributed by atoms with Crippen LogP contribution in [0.3, 0.4) is 0 Å². The highest BCUT2D eigenvalue weighted by atomic mass is 32.2. The molecule has 0 bridgehead atoms. The Morgan fingerprint density at radius 1 is 1.50 bits per heavy atom.